The van der Waals surface area contributed by atoms with Crippen molar-refractivity contribution >= 4 is 31.7 Å². The molecule has 2 heterocycles. The van der Waals surface area contributed by atoms with E-state index >= 15 is 0 Å². The highest BCUT2D eigenvalue weighted by atomic mass is 79.9. The molecule has 3 unspecified atom stereocenters. The third-order valence-corrected chi connectivity index (χ3v) is 6.29. The summed E-state index contributed by atoms with van der Waals surface area (Å²) in [4.78, 5) is 10.8. The zero-order chi connectivity index (χ0) is 8.93. The van der Waals surface area contributed by atoms with Gasteiger partial charge in [-0.05, 0) is 0 Å². The second kappa shape index (κ2) is 2.45. The van der Waals surface area contributed by atoms with Crippen LogP contribution in [-0.4, -0.2) is 30.4 Å². The molecule has 3 atom stereocenters. The molecule has 0 spiro atoms. The van der Waals surface area contributed by atoms with Gasteiger partial charge in [-0.15, -0.1) is 0 Å². The van der Waals surface area contributed by atoms with Crippen LogP contribution >= 0.6 is 15.9 Å². The molecule has 0 aliphatic carbocycles. The van der Waals surface area contributed by atoms with E-state index in [0.29, 0.717) is 0 Å². The van der Waals surface area contributed by atoms with Crippen LogP contribution in [0, 0.1) is 5.92 Å². The number of halogens is 1. The Hall–Kier alpha value is -0.100. The Labute approximate surface area is 78.3 Å². The first-order valence-electron chi connectivity index (χ1n) is 3.56. The Kier molecular flexibility index (Phi) is 1.73. The summed E-state index contributed by atoms with van der Waals surface area (Å²) in [7, 11) is -3.07. The molecule has 4 nitrogen and oxygen atoms in total. The van der Waals surface area contributed by atoms with Crippen molar-refractivity contribution in [1.82, 2.24) is 0 Å². The van der Waals surface area contributed by atoms with Crippen molar-refractivity contribution in [3.8, 4) is 0 Å². The van der Waals surface area contributed by atoms with E-state index in [0.717, 1.165) is 0 Å². The Morgan fingerprint density at radius 1 is 1.50 bits per heavy atom. The van der Waals surface area contributed by atoms with Crippen molar-refractivity contribution in [1.29, 1.82) is 0 Å². The number of esters is 1. The minimum Gasteiger partial charge on any atom is -0.460 e. The number of sulfone groups is 1. The van der Waals surface area contributed by atoms with E-state index in [2.05, 4.69) is 15.9 Å². The van der Waals surface area contributed by atoms with Gasteiger partial charge in [0.15, 0.2) is 14.0 Å². The van der Waals surface area contributed by atoms with Gasteiger partial charge in [0, 0.05) is 5.92 Å². The topological polar surface area (TPSA) is 60.4 Å². The number of carbonyl (C=O) groups excluding carboxylic acids is 1. The maximum absolute atomic E-state index is 11.2. The molecule has 12 heavy (non-hydrogen) atoms. The molecule has 2 aliphatic heterocycles. The zero-order valence-electron chi connectivity index (χ0n) is 6.07. The molecule has 2 fully saturated rings. The summed E-state index contributed by atoms with van der Waals surface area (Å²) in [6.07, 6.45) is -0.214. The van der Waals surface area contributed by atoms with Crippen molar-refractivity contribution in [3.63, 3.8) is 0 Å². The lowest BCUT2D eigenvalue weighted by atomic mass is 10.1. The molecular weight excluding hydrogens is 248 g/mol. The number of alkyl halides is 1. The Morgan fingerprint density at radius 2 is 2.17 bits per heavy atom. The van der Waals surface area contributed by atoms with Gasteiger partial charge in [-0.3, -0.25) is 4.79 Å². The number of hydrogen-bond donors (Lipinski definition) is 0. The average molecular weight is 255 g/mol. The quantitative estimate of drug-likeness (QED) is 0.454. The van der Waals surface area contributed by atoms with Crippen LogP contribution in [-0.2, 0) is 19.4 Å². The van der Waals surface area contributed by atoms with Gasteiger partial charge in [0.05, 0.1) is 12.2 Å². The van der Waals surface area contributed by atoms with E-state index in [1.54, 1.807) is 0 Å². The van der Waals surface area contributed by atoms with Gasteiger partial charge in [0.25, 0.3) is 0 Å². The van der Waals surface area contributed by atoms with Crippen LogP contribution in [0.4, 0.5) is 0 Å². The van der Waals surface area contributed by atoms with Crippen LogP contribution in [0.3, 0.4) is 0 Å². The molecule has 0 amide bonds. The summed E-state index contributed by atoms with van der Waals surface area (Å²) in [5.41, 5.74) is 0. The van der Waals surface area contributed by atoms with Crippen molar-refractivity contribution in [2.24, 2.45) is 5.92 Å². The van der Waals surface area contributed by atoms with E-state index in [-0.39, 0.29) is 24.1 Å². The van der Waals surface area contributed by atoms with Crippen LogP contribution < -0.4 is 0 Å². The highest BCUT2D eigenvalue weighted by Gasteiger charge is 2.52. The Bertz CT molecular complexity index is 322. The predicted molar refractivity (Wildman–Crippen MR) is 44.5 cm³/mol. The van der Waals surface area contributed by atoms with Gasteiger partial charge < -0.3 is 4.74 Å². The lowest BCUT2D eigenvalue weighted by molar-refractivity contribution is -0.140. The SMILES string of the molecule is O=C1CC2CS(=O)(=O)C(Br)C2O1. The molecule has 2 aliphatic rings. The summed E-state index contributed by atoms with van der Waals surface area (Å²) in [6.45, 7) is 0. The summed E-state index contributed by atoms with van der Waals surface area (Å²) < 4.78 is 26.7. The number of fused-ring (bicyclic) bond motifs is 1. The fraction of sp³-hybridized carbons (Fsp3) is 0.833. The fourth-order valence-corrected chi connectivity index (χ4v) is 4.41. The molecule has 0 N–H and O–H groups in total. The zero-order valence-corrected chi connectivity index (χ0v) is 8.47. The highest BCUT2D eigenvalue weighted by molar-refractivity contribution is 9.11. The third-order valence-electron chi connectivity index (χ3n) is 2.21. The summed E-state index contributed by atoms with van der Waals surface area (Å²) in [5.74, 6) is -0.351. The molecule has 0 radical (unpaired) electrons. The molecule has 68 valence electrons. The van der Waals surface area contributed by atoms with E-state index < -0.39 is 20.1 Å². The fourth-order valence-electron chi connectivity index (χ4n) is 1.64. The van der Waals surface area contributed by atoms with Crippen LogP contribution in [0.15, 0.2) is 0 Å². The number of ether oxygens (including phenoxy) is 1. The van der Waals surface area contributed by atoms with E-state index in [4.69, 9.17) is 4.74 Å². The Balaban J connectivity index is 2.30. The normalized spacial score (nSPS) is 44.1. The molecule has 0 saturated carbocycles. The summed E-state index contributed by atoms with van der Waals surface area (Å²) in [6, 6.07) is 0. The maximum Gasteiger partial charge on any atom is 0.306 e. The number of hydrogen-bond acceptors (Lipinski definition) is 4. The van der Waals surface area contributed by atoms with Crippen molar-refractivity contribution in [2.75, 3.05) is 5.75 Å². The van der Waals surface area contributed by atoms with E-state index in [1.807, 2.05) is 0 Å². The molecule has 2 rings (SSSR count). The molecule has 0 aromatic rings. The first kappa shape index (κ1) is 8.50. The summed E-state index contributed by atoms with van der Waals surface area (Å²) >= 11 is 3.03. The van der Waals surface area contributed by atoms with E-state index in [1.165, 1.54) is 0 Å². The van der Waals surface area contributed by atoms with Crippen LogP contribution in [0.1, 0.15) is 6.42 Å². The molecule has 0 aromatic carbocycles. The van der Waals surface area contributed by atoms with Crippen LogP contribution in [0.25, 0.3) is 0 Å². The first-order valence-corrected chi connectivity index (χ1v) is 6.19. The van der Waals surface area contributed by atoms with Crippen molar-refractivity contribution in [2.45, 2.75) is 16.7 Å². The minimum absolute atomic E-state index is 0.0688. The molecule has 0 bridgehead atoms. The van der Waals surface area contributed by atoms with Gasteiger partial charge in [0.1, 0.15) is 6.10 Å². The van der Waals surface area contributed by atoms with Crippen molar-refractivity contribution < 1.29 is 17.9 Å². The summed E-state index contributed by atoms with van der Waals surface area (Å²) in [5, 5.41) is 0. The monoisotopic (exact) mass is 254 g/mol. The third kappa shape index (κ3) is 1.08. The second-order valence-electron chi connectivity index (χ2n) is 3.10. The Morgan fingerprint density at radius 3 is 2.75 bits per heavy atom. The van der Waals surface area contributed by atoms with Gasteiger partial charge >= 0.3 is 5.97 Å². The predicted octanol–water partition coefficient (Wildman–Crippen LogP) is 0.0675. The van der Waals surface area contributed by atoms with Crippen LogP contribution in [0.5, 0.6) is 0 Å². The van der Waals surface area contributed by atoms with Gasteiger partial charge in [-0.25, -0.2) is 8.42 Å². The van der Waals surface area contributed by atoms with Crippen LogP contribution in [0.2, 0.25) is 0 Å². The number of carbonyl (C=O) groups is 1. The minimum atomic E-state index is -3.07. The standard InChI is InChI=1S/C6H7BrO4S/c7-6-5-3(1-4(8)11-5)2-12(6,9)10/h3,5-6H,1-2H2. The number of rotatable bonds is 0. The molecule has 0 aromatic heterocycles. The highest BCUT2D eigenvalue weighted by Crippen LogP contribution is 2.38. The molecule has 2 saturated heterocycles. The van der Waals surface area contributed by atoms with Gasteiger partial charge in [-0.2, -0.15) is 0 Å². The lowest BCUT2D eigenvalue weighted by Gasteiger charge is -2.08. The smallest absolute Gasteiger partial charge is 0.306 e. The van der Waals surface area contributed by atoms with Gasteiger partial charge in [-0.1, -0.05) is 15.9 Å². The molecular formula is C6H7BrO4S. The van der Waals surface area contributed by atoms with E-state index in [9.17, 15) is 13.2 Å². The first-order chi connectivity index (χ1) is 5.50. The largest absolute Gasteiger partial charge is 0.460 e. The van der Waals surface area contributed by atoms with Gasteiger partial charge in [0.2, 0.25) is 0 Å². The molecule has 6 heteroatoms. The second-order valence-corrected chi connectivity index (χ2v) is 6.86. The van der Waals surface area contributed by atoms with Crippen molar-refractivity contribution in [3.05, 3.63) is 0 Å². The lowest BCUT2D eigenvalue weighted by Crippen LogP contribution is -2.22. The maximum atomic E-state index is 11.2. The average Bonchev–Trinajstić information content (AvgIpc) is 2.35.